The molecule has 0 saturated heterocycles. The van der Waals surface area contributed by atoms with E-state index < -0.39 is 0 Å². The van der Waals surface area contributed by atoms with Gasteiger partial charge in [-0.05, 0) is 31.9 Å². The lowest BCUT2D eigenvalue weighted by atomic mass is 10.1. The van der Waals surface area contributed by atoms with E-state index in [-0.39, 0.29) is 6.10 Å². The highest BCUT2D eigenvalue weighted by Crippen LogP contribution is 2.10. The van der Waals surface area contributed by atoms with Crippen LogP contribution in [0.2, 0.25) is 0 Å². The summed E-state index contributed by atoms with van der Waals surface area (Å²) in [6, 6.07) is 8.41. The van der Waals surface area contributed by atoms with Gasteiger partial charge in [-0.3, -0.25) is 4.99 Å². The molecule has 24 heavy (non-hydrogen) atoms. The number of benzene rings is 1. The number of ether oxygens (including phenoxy) is 1. The highest BCUT2D eigenvalue weighted by molar-refractivity contribution is 7.11. The molecule has 0 aliphatic carbocycles. The molecule has 0 bridgehead atoms. The Morgan fingerprint density at radius 3 is 2.67 bits per heavy atom. The van der Waals surface area contributed by atoms with Gasteiger partial charge in [0.2, 0.25) is 0 Å². The van der Waals surface area contributed by atoms with E-state index in [0.717, 1.165) is 11.0 Å². The normalized spacial score (nSPS) is 11.8. The zero-order valence-electron chi connectivity index (χ0n) is 14.8. The topological polar surface area (TPSA) is 58.5 Å². The summed E-state index contributed by atoms with van der Waals surface area (Å²) in [6.07, 6.45) is 2.13. The van der Waals surface area contributed by atoms with Gasteiger partial charge in [0.05, 0.1) is 19.3 Å². The summed E-state index contributed by atoms with van der Waals surface area (Å²) < 4.78 is 5.66. The Labute approximate surface area is 148 Å². The fraction of sp³-hybridized carbons (Fsp3) is 0.444. The van der Waals surface area contributed by atoms with Gasteiger partial charge < -0.3 is 15.4 Å². The average molecular weight is 347 g/mol. The minimum atomic E-state index is 0.240. The molecule has 0 aliphatic rings. The van der Waals surface area contributed by atoms with Crippen molar-refractivity contribution in [3.05, 3.63) is 51.5 Å². The van der Waals surface area contributed by atoms with Crippen LogP contribution in [0.4, 0.5) is 0 Å². The van der Waals surface area contributed by atoms with Crippen LogP contribution in [-0.4, -0.2) is 24.1 Å². The lowest BCUT2D eigenvalue weighted by Gasteiger charge is -2.12. The van der Waals surface area contributed by atoms with E-state index >= 15 is 0 Å². The van der Waals surface area contributed by atoms with Gasteiger partial charge in [0.1, 0.15) is 5.01 Å². The average Bonchev–Trinajstić information content (AvgIpc) is 2.99. The van der Waals surface area contributed by atoms with Crippen LogP contribution in [0.15, 0.2) is 35.5 Å². The van der Waals surface area contributed by atoms with E-state index in [1.165, 1.54) is 16.0 Å². The fourth-order valence-electron chi connectivity index (χ4n) is 2.14. The Bertz CT molecular complexity index is 667. The first-order chi connectivity index (χ1) is 11.6. The van der Waals surface area contributed by atoms with Gasteiger partial charge in [0.25, 0.3) is 0 Å². The van der Waals surface area contributed by atoms with E-state index in [9.17, 15) is 0 Å². The summed E-state index contributed by atoms with van der Waals surface area (Å²) in [5.74, 6) is 0.770. The molecule has 130 valence electrons. The number of aliphatic imine (C=N–C) groups is 1. The van der Waals surface area contributed by atoms with Crippen molar-refractivity contribution < 1.29 is 4.74 Å². The first kappa shape index (κ1) is 18.4. The molecule has 2 rings (SSSR count). The Balaban J connectivity index is 1.83. The summed E-state index contributed by atoms with van der Waals surface area (Å²) in [5, 5.41) is 7.67. The third-order valence-corrected chi connectivity index (χ3v) is 4.25. The fourth-order valence-corrected chi connectivity index (χ4v) is 2.87. The zero-order valence-corrected chi connectivity index (χ0v) is 15.6. The zero-order chi connectivity index (χ0) is 17.4. The second-order valence-corrected chi connectivity index (χ2v) is 7.14. The smallest absolute Gasteiger partial charge is 0.191 e. The predicted molar refractivity (Wildman–Crippen MR) is 100 cm³/mol. The van der Waals surface area contributed by atoms with Crippen LogP contribution in [0, 0.1) is 6.92 Å². The maximum Gasteiger partial charge on any atom is 0.191 e. The maximum atomic E-state index is 5.66. The number of nitrogens with zero attached hydrogens (tertiary/aromatic N) is 2. The van der Waals surface area contributed by atoms with Crippen molar-refractivity contribution in [1.29, 1.82) is 0 Å². The van der Waals surface area contributed by atoms with Gasteiger partial charge >= 0.3 is 0 Å². The van der Waals surface area contributed by atoms with Crippen molar-refractivity contribution >= 4 is 17.3 Å². The quantitative estimate of drug-likeness (QED) is 0.597. The number of aromatic nitrogens is 1. The van der Waals surface area contributed by atoms with Crippen molar-refractivity contribution in [2.75, 3.05) is 7.05 Å². The predicted octanol–water partition coefficient (Wildman–Crippen LogP) is 3.24. The minimum Gasteiger partial charge on any atom is -0.374 e. The standard InChI is InChI=1S/C18H26N4OS/c1-13(2)23-12-16-7-5-6-15(8-16)10-21-18(19-4)22-11-17-20-9-14(3)24-17/h5-9,13H,10-12H2,1-4H3,(H2,19,21,22). The lowest BCUT2D eigenvalue weighted by Crippen LogP contribution is -2.36. The van der Waals surface area contributed by atoms with Crippen LogP contribution in [0.3, 0.4) is 0 Å². The second kappa shape index (κ2) is 9.39. The SMILES string of the molecule is CN=C(NCc1cccc(COC(C)C)c1)NCc1ncc(C)s1. The molecule has 6 heteroatoms. The highest BCUT2D eigenvalue weighted by Gasteiger charge is 2.03. The molecule has 0 radical (unpaired) electrons. The Hall–Kier alpha value is -1.92. The summed E-state index contributed by atoms with van der Waals surface area (Å²) in [7, 11) is 1.77. The number of aryl methyl sites for hydroxylation is 1. The van der Waals surface area contributed by atoms with Crippen LogP contribution in [0.5, 0.6) is 0 Å². The molecule has 0 saturated carbocycles. The van der Waals surface area contributed by atoms with Crippen molar-refractivity contribution in [3.63, 3.8) is 0 Å². The third-order valence-electron chi connectivity index (χ3n) is 3.33. The van der Waals surface area contributed by atoms with Gasteiger partial charge in [-0.15, -0.1) is 11.3 Å². The van der Waals surface area contributed by atoms with Crippen molar-refractivity contribution in [3.8, 4) is 0 Å². The number of rotatable bonds is 7. The van der Waals surface area contributed by atoms with Crippen molar-refractivity contribution in [1.82, 2.24) is 15.6 Å². The van der Waals surface area contributed by atoms with E-state index in [1.54, 1.807) is 18.4 Å². The third kappa shape index (κ3) is 6.29. The first-order valence-corrected chi connectivity index (χ1v) is 8.93. The van der Waals surface area contributed by atoms with Crippen molar-refractivity contribution in [2.24, 2.45) is 4.99 Å². The summed E-state index contributed by atoms with van der Waals surface area (Å²) in [4.78, 5) is 9.82. The van der Waals surface area contributed by atoms with Crippen LogP contribution < -0.4 is 10.6 Å². The molecule has 0 amide bonds. The number of hydrogen-bond donors (Lipinski definition) is 2. The Morgan fingerprint density at radius 2 is 2.00 bits per heavy atom. The van der Waals surface area contributed by atoms with Crippen LogP contribution >= 0.6 is 11.3 Å². The van der Waals surface area contributed by atoms with E-state index in [4.69, 9.17) is 4.74 Å². The highest BCUT2D eigenvalue weighted by atomic mass is 32.1. The van der Waals surface area contributed by atoms with E-state index in [1.807, 2.05) is 20.0 Å². The van der Waals surface area contributed by atoms with Gasteiger partial charge in [0, 0.05) is 24.7 Å². The number of guanidine groups is 1. The number of hydrogen-bond acceptors (Lipinski definition) is 4. The van der Waals surface area contributed by atoms with Crippen LogP contribution in [-0.2, 0) is 24.4 Å². The van der Waals surface area contributed by atoms with Gasteiger partial charge in [0.15, 0.2) is 5.96 Å². The molecule has 0 aliphatic heterocycles. The molecular formula is C18H26N4OS. The monoisotopic (exact) mass is 346 g/mol. The molecular weight excluding hydrogens is 320 g/mol. The first-order valence-electron chi connectivity index (χ1n) is 8.12. The maximum absolute atomic E-state index is 5.66. The molecule has 1 aromatic heterocycles. The van der Waals surface area contributed by atoms with Gasteiger partial charge in [-0.2, -0.15) is 0 Å². The molecule has 1 heterocycles. The number of thiazole rings is 1. The molecule has 0 atom stereocenters. The summed E-state index contributed by atoms with van der Waals surface area (Å²) in [5.41, 5.74) is 2.39. The molecule has 2 N–H and O–H groups in total. The Kier molecular flexibility index (Phi) is 7.21. The van der Waals surface area contributed by atoms with Crippen LogP contribution in [0.1, 0.15) is 34.9 Å². The van der Waals surface area contributed by atoms with Gasteiger partial charge in [-0.1, -0.05) is 24.3 Å². The summed E-state index contributed by atoms with van der Waals surface area (Å²) in [6.45, 7) is 8.19. The molecule has 0 spiro atoms. The lowest BCUT2D eigenvalue weighted by molar-refractivity contribution is 0.0657. The minimum absolute atomic E-state index is 0.240. The van der Waals surface area contributed by atoms with E-state index in [0.29, 0.717) is 19.7 Å². The summed E-state index contributed by atoms with van der Waals surface area (Å²) >= 11 is 1.69. The largest absolute Gasteiger partial charge is 0.374 e. The molecule has 1 aromatic carbocycles. The van der Waals surface area contributed by atoms with Crippen molar-refractivity contribution in [2.45, 2.75) is 46.6 Å². The number of nitrogens with one attached hydrogen (secondary N) is 2. The van der Waals surface area contributed by atoms with Gasteiger partial charge in [-0.25, -0.2) is 4.98 Å². The Morgan fingerprint density at radius 1 is 1.25 bits per heavy atom. The molecule has 2 aromatic rings. The molecule has 0 unspecified atom stereocenters. The van der Waals surface area contributed by atoms with E-state index in [2.05, 4.69) is 51.8 Å². The van der Waals surface area contributed by atoms with Crippen LogP contribution in [0.25, 0.3) is 0 Å². The second-order valence-electron chi connectivity index (χ2n) is 5.82. The molecule has 5 nitrogen and oxygen atoms in total. The molecule has 0 fully saturated rings.